The number of carboxylic acids is 1. The van der Waals surface area contributed by atoms with Gasteiger partial charge in [0.15, 0.2) is 0 Å². The van der Waals surface area contributed by atoms with Gasteiger partial charge in [0, 0.05) is 5.39 Å². The number of hydrogen-bond acceptors (Lipinski definition) is 3. The lowest BCUT2D eigenvalue weighted by Crippen LogP contribution is -1.99. The standard InChI is InChI=1S/C11H9NO3/c12-10-7-4-2-1-3-6(7)8(11(14)15)5-9(10)13/h1-5,13H,12H2,(H,14,15). The Hall–Kier alpha value is -2.23. The maximum absolute atomic E-state index is 10.9. The molecule has 0 atom stereocenters. The number of rotatable bonds is 1. The third-order valence-corrected chi connectivity index (χ3v) is 2.29. The summed E-state index contributed by atoms with van der Waals surface area (Å²) in [6, 6.07) is 7.97. The molecule has 0 heterocycles. The maximum atomic E-state index is 10.9. The fraction of sp³-hybridized carbons (Fsp3) is 0. The molecule has 0 aliphatic heterocycles. The van der Waals surface area contributed by atoms with E-state index < -0.39 is 5.97 Å². The van der Waals surface area contributed by atoms with Gasteiger partial charge in [-0.05, 0) is 11.5 Å². The number of phenolic OH excluding ortho intramolecular Hbond substituents is 1. The average Bonchev–Trinajstić information content (AvgIpc) is 2.23. The first-order valence-corrected chi connectivity index (χ1v) is 4.34. The molecule has 0 saturated heterocycles. The van der Waals surface area contributed by atoms with E-state index in [4.69, 9.17) is 10.8 Å². The highest BCUT2D eigenvalue weighted by atomic mass is 16.4. The average molecular weight is 203 g/mol. The molecule has 4 N–H and O–H groups in total. The van der Waals surface area contributed by atoms with Gasteiger partial charge < -0.3 is 15.9 Å². The van der Waals surface area contributed by atoms with E-state index in [1.165, 1.54) is 6.07 Å². The molecule has 2 aromatic carbocycles. The number of nitrogen functional groups attached to an aromatic ring is 1. The van der Waals surface area contributed by atoms with Gasteiger partial charge in [-0.15, -0.1) is 0 Å². The molecular formula is C11H9NO3. The number of phenols is 1. The lowest BCUT2D eigenvalue weighted by Gasteiger charge is -2.07. The van der Waals surface area contributed by atoms with E-state index >= 15 is 0 Å². The SMILES string of the molecule is Nc1c(O)cc(C(=O)O)c2ccccc12. The first-order chi connectivity index (χ1) is 7.11. The van der Waals surface area contributed by atoms with Gasteiger partial charge >= 0.3 is 5.97 Å². The summed E-state index contributed by atoms with van der Waals surface area (Å²) in [4.78, 5) is 10.9. The zero-order valence-corrected chi connectivity index (χ0v) is 7.77. The summed E-state index contributed by atoms with van der Waals surface area (Å²) < 4.78 is 0. The minimum Gasteiger partial charge on any atom is -0.506 e. The lowest BCUT2D eigenvalue weighted by molar-refractivity contribution is 0.0698. The minimum absolute atomic E-state index is 0.0531. The van der Waals surface area contributed by atoms with Gasteiger partial charge in [-0.25, -0.2) is 4.79 Å². The Morgan fingerprint density at radius 3 is 2.40 bits per heavy atom. The molecule has 15 heavy (non-hydrogen) atoms. The normalized spacial score (nSPS) is 10.4. The maximum Gasteiger partial charge on any atom is 0.336 e. The van der Waals surface area contributed by atoms with E-state index in [2.05, 4.69) is 0 Å². The van der Waals surface area contributed by atoms with Gasteiger partial charge in [-0.2, -0.15) is 0 Å². The number of nitrogens with two attached hydrogens (primary N) is 1. The number of benzene rings is 2. The van der Waals surface area contributed by atoms with Crippen LogP contribution >= 0.6 is 0 Å². The van der Waals surface area contributed by atoms with Crippen molar-refractivity contribution < 1.29 is 15.0 Å². The van der Waals surface area contributed by atoms with E-state index in [9.17, 15) is 9.90 Å². The largest absolute Gasteiger partial charge is 0.506 e. The molecule has 0 aliphatic carbocycles. The van der Waals surface area contributed by atoms with Crippen molar-refractivity contribution in [3.8, 4) is 5.75 Å². The van der Waals surface area contributed by atoms with Crippen LogP contribution in [0.1, 0.15) is 10.4 Å². The molecule has 4 nitrogen and oxygen atoms in total. The van der Waals surface area contributed by atoms with Gasteiger partial charge in [0.2, 0.25) is 0 Å². The zero-order chi connectivity index (χ0) is 11.0. The number of carboxylic acid groups (broad SMARTS) is 1. The Bertz CT molecular complexity index is 549. The predicted molar refractivity (Wildman–Crippen MR) is 57.0 cm³/mol. The number of aromatic carboxylic acids is 1. The van der Waals surface area contributed by atoms with Gasteiger partial charge in [0.1, 0.15) is 5.75 Å². The molecule has 0 radical (unpaired) electrons. The highest BCUT2D eigenvalue weighted by Crippen LogP contribution is 2.32. The fourth-order valence-electron chi connectivity index (χ4n) is 1.56. The highest BCUT2D eigenvalue weighted by molar-refractivity contribution is 6.08. The molecule has 2 aromatic rings. The molecule has 2 rings (SSSR count). The van der Waals surface area contributed by atoms with Crippen molar-refractivity contribution in [2.75, 3.05) is 5.73 Å². The van der Waals surface area contributed by atoms with Gasteiger partial charge in [-0.1, -0.05) is 24.3 Å². The summed E-state index contributed by atoms with van der Waals surface area (Å²) >= 11 is 0. The molecular weight excluding hydrogens is 194 g/mol. The Balaban J connectivity index is 2.94. The fourth-order valence-corrected chi connectivity index (χ4v) is 1.56. The highest BCUT2D eigenvalue weighted by Gasteiger charge is 2.13. The van der Waals surface area contributed by atoms with E-state index in [-0.39, 0.29) is 17.0 Å². The number of aromatic hydroxyl groups is 1. The molecule has 76 valence electrons. The van der Waals surface area contributed by atoms with Crippen LogP contribution in [0.4, 0.5) is 5.69 Å². The Kier molecular flexibility index (Phi) is 1.97. The Labute approximate surface area is 85.6 Å². The zero-order valence-electron chi connectivity index (χ0n) is 7.77. The van der Waals surface area contributed by atoms with Crippen LogP contribution < -0.4 is 5.73 Å². The molecule has 0 fully saturated rings. The van der Waals surface area contributed by atoms with Crippen LogP contribution in [0.5, 0.6) is 5.75 Å². The second-order valence-electron chi connectivity index (χ2n) is 3.21. The van der Waals surface area contributed by atoms with Crippen LogP contribution in [0.2, 0.25) is 0 Å². The summed E-state index contributed by atoms with van der Waals surface area (Å²) in [6.45, 7) is 0. The molecule has 0 spiro atoms. The first-order valence-electron chi connectivity index (χ1n) is 4.34. The van der Waals surface area contributed by atoms with Crippen molar-refractivity contribution in [3.05, 3.63) is 35.9 Å². The molecule has 0 amide bonds. The molecule has 0 saturated carbocycles. The molecule has 0 aromatic heterocycles. The third kappa shape index (κ3) is 1.36. The van der Waals surface area contributed by atoms with Crippen molar-refractivity contribution in [1.82, 2.24) is 0 Å². The topological polar surface area (TPSA) is 83.5 Å². The number of fused-ring (bicyclic) bond motifs is 1. The van der Waals surface area contributed by atoms with Crippen LogP contribution in [0.3, 0.4) is 0 Å². The Morgan fingerprint density at radius 1 is 1.20 bits per heavy atom. The van der Waals surface area contributed by atoms with E-state index in [0.29, 0.717) is 10.8 Å². The second kappa shape index (κ2) is 3.16. The van der Waals surface area contributed by atoms with Gasteiger partial charge in [0.25, 0.3) is 0 Å². The molecule has 0 unspecified atom stereocenters. The second-order valence-corrected chi connectivity index (χ2v) is 3.21. The van der Waals surface area contributed by atoms with E-state index in [1.54, 1.807) is 24.3 Å². The van der Waals surface area contributed by atoms with E-state index in [0.717, 1.165) is 0 Å². The number of hydrogen-bond donors (Lipinski definition) is 3. The smallest absolute Gasteiger partial charge is 0.336 e. The third-order valence-electron chi connectivity index (χ3n) is 2.29. The van der Waals surface area contributed by atoms with Crippen molar-refractivity contribution in [2.45, 2.75) is 0 Å². The quantitative estimate of drug-likeness (QED) is 0.487. The van der Waals surface area contributed by atoms with Crippen LogP contribution in [-0.4, -0.2) is 16.2 Å². The summed E-state index contributed by atoms with van der Waals surface area (Å²) in [5.74, 6) is -1.28. The van der Waals surface area contributed by atoms with E-state index in [1.807, 2.05) is 0 Å². The van der Waals surface area contributed by atoms with Gasteiger partial charge in [-0.3, -0.25) is 0 Å². The lowest BCUT2D eigenvalue weighted by atomic mass is 10.0. The molecule has 4 heteroatoms. The number of carbonyl (C=O) groups is 1. The van der Waals surface area contributed by atoms with Crippen LogP contribution in [0.15, 0.2) is 30.3 Å². The summed E-state index contributed by atoms with van der Waals surface area (Å²) in [5.41, 5.74) is 5.90. The van der Waals surface area contributed by atoms with Crippen LogP contribution in [0.25, 0.3) is 10.8 Å². The minimum atomic E-state index is -1.08. The number of anilines is 1. The summed E-state index contributed by atoms with van der Waals surface area (Å²) in [6.07, 6.45) is 0. The van der Waals surface area contributed by atoms with Crippen molar-refractivity contribution in [2.24, 2.45) is 0 Å². The first kappa shape index (κ1) is 9.33. The van der Waals surface area contributed by atoms with Crippen LogP contribution in [-0.2, 0) is 0 Å². The molecule has 0 aliphatic rings. The summed E-state index contributed by atoms with van der Waals surface area (Å²) in [7, 11) is 0. The van der Waals surface area contributed by atoms with Crippen molar-refractivity contribution in [1.29, 1.82) is 0 Å². The van der Waals surface area contributed by atoms with Crippen LogP contribution in [0, 0.1) is 0 Å². The van der Waals surface area contributed by atoms with Gasteiger partial charge in [0.05, 0.1) is 11.3 Å². The predicted octanol–water partition coefficient (Wildman–Crippen LogP) is 1.83. The summed E-state index contributed by atoms with van der Waals surface area (Å²) in [5, 5.41) is 19.5. The molecule has 0 bridgehead atoms. The van der Waals surface area contributed by atoms with Crippen molar-refractivity contribution >= 4 is 22.4 Å². The Morgan fingerprint density at radius 2 is 1.80 bits per heavy atom. The monoisotopic (exact) mass is 203 g/mol. The van der Waals surface area contributed by atoms with Crippen molar-refractivity contribution in [3.63, 3.8) is 0 Å².